The zero-order valence-corrected chi connectivity index (χ0v) is 10.8. The van der Waals surface area contributed by atoms with Crippen LogP contribution >= 0.6 is 23.2 Å². The van der Waals surface area contributed by atoms with Crippen molar-refractivity contribution in [1.29, 1.82) is 0 Å². The molecule has 0 radical (unpaired) electrons. The minimum Gasteiger partial charge on any atom is -0.458 e. The Balaban J connectivity index is 2.40. The van der Waals surface area contributed by atoms with E-state index in [1.807, 2.05) is 6.92 Å². The number of aliphatic hydroxyl groups is 1. The second-order valence-corrected chi connectivity index (χ2v) is 4.59. The van der Waals surface area contributed by atoms with E-state index in [-0.39, 0.29) is 0 Å². The van der Waals surface area contributed by atoms with Crippen molar-refractivity contribution in [3.63, 3.8) is 0 Å². The monoisotopic (exact) mass is 270 g/mol. The molecular formula is C13H12Cl2O2. The first-order valence-electron chi connectivity index (χ1n) is 5.35. The van der Waals surface area contributed by atoms with Crippen molar-refractivity contribution in [1.82, 2.24) is 0 Å². The maximum Gasteiger partial charge on any atom is 0.135 e. The molecule has 1 heterocycles. The van der Waals surface area contributed by atoms with Crippen LogP contribution in [0.25, 0.3) is 11.3 Å². The highest BCUT2D eigenvalue weighted by molar-refractivity contribution is 6.35. The summed E-state index contributed by atoms with van der Waals surface area (Å²) < 4.78 is 5.57. The first kappa shape index (κ1) is 12.5. The lowest BCUT2D eigenvalue weighted by molar-refractivity contribution is 0.147. The van der Waals surface area contributed by atoms with Crippen LogP contribution in [0, 0.1) is 0 Å². The van der Waals surface area contributed by atoms with E-state index in [9.17, 15) is 5.11 Å². The Hall–Kier alpha value is -0.960. The molecule has 1 N–H and O–H groups in total. The van der Waals surface area contributed by atoms with Gasteiger partial charge in [-0.25, -0.2) is 0 Å². The van der Waals surface area contributed by atoms with Gasteiger partial charge in [0.15, 0.2) is 0 Å². The van der Waals surface area contributed by atoms with Crippen LogP contribution in [-0.4, -0.2) is 5.11 Å². The first-order chi connectivity index (χ1) is 8.11. The van der Waals surface area contributed by atoms with Gasteiger partial charge in [-0.15, -0.1) is 0 Å². The van der Waals surface area contributed by atoms with Crippen LogP contribution in [-0.2, 0) is 0 Å². The van der Waals surface area contributed by atoms with Gasteiger partial charge in [-0.2, -0.15) is 0 Å². The maximum atomic E-state index is 9.66. The van der Waals surface area contributed by atoms with E-state index < -0.39 is 6.10 Å². The van der Waals surface area contributed by atoms with E-state index in [4.69, 9.17) is 27.6 Å². The molecule has 0 saturated heterocycles. The number of benzene rings is 1. The summed E-state index contributed by atoms with van der Waals surface area (Å²) in [7, 11) is 0. The molecule has 90 valence electrons. The molecule has 0 saturated carbocycles. The van der Waals surface area contributed by atoms with Crippen LogP contribution in [0.1, 0.15) is 25.2 Å². The smallest absolute Gasteiger partial charge is 0.135 e. The number of furan rings is 1. The standard InChI is InChI=1S/C13H12Cl2O2/c1-2-11(16)13-6-5-12(17-13)9-7-8(14)3-4-10(9)15/h3-7,11,16H,2H2,1H3. The molecule has 0 aliphatic rings. The molecule has 2 nitrogen and oxygen atoms in total. The summed E-state index contributed by atoms with van der Waals surface area (Å²) in [6.07, 6.45) is 0.0256. The van der Waals surface area contributed by atoms with E-state index in [2.05, 4.69) is 0 Å². The van der Waals surface area contributed by atoms with Gasteiger partial charge in [0.2, 0.25) is 0 Å². The van der Waals surface area contributed by atoms with Crippen LogP contribution in [0.3, 0.4) is 0 Å². The number of hydrogen-bond acceptors (Lipinski definition) is 2. The van der Waals surface area contributed by atoms with Gasteiger partial charge in [-0.1, -0.05) is 30.1 Å². The zero-order chi connectivity index (χ0) is 12.4. The van der Waals surface area contributed by atoms with Crippen molar-refractivity contribution in [3.05, 3.63) is 46.1 Å². The van der Waals surface area contributed by atoms with Gasteiger partial charge >= 0.3 is 0 Å². The van der Waals surface area contributed by atoms with Crippen molar-refractivity contribution in [2.24, 2.45) is 0 Å². The highest BCUT2D eigenvalue weighted by atomic mass is 35.5. The molecule has 0 amide bonds. The molecule has 4 heteroatoms. The van der Waals surface area contributed by atoms with Crippen LogP contribution in [0.2, 0.25) is 10.0 Å². The van der Waals surface area contributed by atoms with E-state index in [0.29, 0.717) is 28.0 Å². The molecule has 1 aromatic heterocycles. The number of rotatable bonds is 3. The third kappa shape index (κ3) is 2.65. The summed E-state index contributed by atoms with van der Waals surface area (Å²) in [5.41, 5.74) is 0.730. The summed E-state index contributed by atoms with van der Waals surface area (Å²) in [6, 6.07) is 8.72. The fourth-order valence-corrected chi connectivity index (χ4v) is 1.95. The Kier molecular flexibility index (Phi) is 3.77. The van der Waals surface area contributed by atoms with Gasteiger partial charge in [0.05, 0.1) is 5.02 Å². The van der Waals surface area contributed by atoms with Crippen LogP contribution in [0.4, 0.5) is 0 Å². The molecule has 1 atom stereocenters. The fourth-order valence-electron chi connectivity index (χ4n) is 1.56. The molecule has 17 heavy (non-hydrogen) atoms. The maximum absolute atomic E-state index is 9.66. The first-order valence-corrected chi connectivity index (χ1v) is 6.10. The van der Waals surface area contributed by atoms with Gasteiger partial charge in [-0.05, 0) is 36.8 Å². The lowest BCUT2D eigenvalue weighted by Gasteiger charge is -2.04. The number of hydrogen-bond donors (Lipinski definition) is 1. The minimum absolute atomic E-state index is 0.540. The Morgan fingerprint density at radius 3 is 2.71 bits per heavy atom. The minimum atomic E-state index is -0.582. The normalized spacial score (nSPS) is 12.7. The van der Waals surface area contributed by atoms with E-state index in [1.54, 1.807) is 30.3 Å². The summed E-state index contributed by atoms with van der Waals surface area (Å²) >= 11 is 12.0. The number of aliphatic hydroxyl groups excluding tert-OH is 1. The van der Waals surface area contributed by atoms with Gasteiger partial charge in [0, 0.05) is 10.6 Å². The second kappa shape index (κ2) is 5.13. The topological polar surface area (TPSA) is 33.4 Å². The van der Waals surface area contributed by atoms with Crippen molar-refractivity contribution in [2.75, 3.05) is 0 Å². The third-order valence-corrected chi connectivity index (χ3v) is 3.10. The molecule has 0 spiro atoms. The molecule has 0 aliphatic heterocycles. The van der Waals surface area contributed by atoms with Crippen molar-refractivity contribution >= 4 is 23.2 Å². The molecule has 2 rings (SSSR count). The molecule has 1 aromatic carbocycles. The summed E-state index contributed by atoms with van der Waals surface area (Å²) in [6.45, 7) is 1.89. The lowest BCUT2D eigenvalue weighted by atomic mass is 10.2. The van der Waals surface area contributed by atoms with Crippen LogP contribution in [0.5, 0.6) is 0 Å². The second-order valence-electron chi connectivity index (χ2n) is 3.75. The third-order valence-electron chi connectivity index (χ3n) is 2.54. The quantitative estimate of drug-likeness (QED) is 0.877. The predicted octanol–water partition coefficient (Wildman–Crippen LogP) is 4.70. The fraction of sp³-hybridized carbons (Fsp3) is 0.231. The lowest BCUT2D eigenvalue weighted by Crippen LogP contribution is -1.91. The van der Waals surface area contributed by atoms with E-state index in [0.717, 1.165) is 5.56 Å². The Labute approximate surface area is 110 Å². The summed E-state index contributed by atoms with van der Waals surface area (Å²) in [4.78, 5) is 0. The van der Waals surface area contributed by atoms with Crippen LogP contribution < -0.4 is 0 Å². The van der Waals surface area contributed by atoms with Crippen LogP contribution in [0.15, 0.2) is 34.7 Å². The Morgan fingerprint density at radius 1 is 1.24 bits per heavy atom. The largest absolute Gasteiger partial charge is 0.458 e. The van der Waals surface area contributed by atoms with Gasteiger partial charge < -0.3 is 9.52 Å². The molecule has 0 aliphatic carbocycles. The average Bonchev–Trinajstić information content (AvgIpc) is 2.80. The zero-order valence-electron chi connectivity index (χ0n) is 9.28. The van der Waals surface area contributed by atoms with Gasteiger partial charge in [-0.3, -0.25) is 0 Å². The summed E-state index contributed by atoms with van der Waals surface area (Å²) in [5, 5.41) is 10.8. The van der Waals surface area contributed by atoms with Gasteiger partial charge in [0.1, 0.15) is 17.6 Å². The SMILES string of the molecule is CCC(O)c1ccc(-c2cc(Cl)ccc2Cl)o1. The summed E-state index contributed by atoms with van der Waals surface area (Å²) in [5.74, 6) is 1.15. The van der Waals surface area contributed by atoms with Crippen molar-refractivity contribution in [3.8, 4) is 11.3 Å². The molecule has 1 unspecified atom stereocenters. The Bertz CT molecular complexity index is 520. The van der Waals surface area contributed by atoms with Gasteiger partial charge in [0.25, 0.3) is 0 Å². The molecule has 0 bridgehead atoms. The van der Waals surface area contributed by atoms with E-state index >= 15 is 0 Å². The highest BCUT2D eigenvalue weighted by Crippen LogP contribution is 2.33. The van der Waals surface area contributed by atoms with Crippen molar-refractivity contribution < 1.29 is 9.52 Å². The molecular weight excluding hydrogens is 259 g/mol. The Morgan fingerprint density at radius 2 is 2.00 bits per heavy atom. The number of halogens is 2. The highest BCUT2D eigenvalue weighted by Gasteiger charge is 2.13. The predicted molar refractivity (Wildman–Crippen MR) is 69.4 cm³/mol. The average molecular weight is 271 g/mol. The van der Waals surface area contributed by atoms with E-state index in [1.165, 1.54) is 0 Å². The molecule has 2 aromatic rings. The van der Waals surface area contributed by atoms with Crippen molar-refractivity contribution in [2.45, 2.75) is 19.4 Å². The molecule has 0 fully saturated rings.